The Kier molecular flexibility index (Phi) is 2.11. The summed E-state index contributed by atoms with van der Waals surface area (Å²) in [6, 6.07) is 0. The molecule has 2 heteroatoms. The molecule has 2 atom stereocenters. The highest BCUT2D eigenvalue weighted by atomic mass is 16.3. The fourth-order valence-electron chi connectivity index (χ4n) is 1.33. The second-order valence-electron chi connectivity index (χ2n) is 3.05. The van der Waals surface area contributed by atoms with E-state index in [1.165, 1.54) is 0 Å². The van der Waals surface area contributed by atoms with E-state index in [-0.39, 0.29) is 0 Å². The van der Waals surface area contributed by atoms with E-state index in [9.17, 15) is 5.11 Å². The predicted octanol–water partition coefficient (Wildman–Crippen LogP) is 0.533. The molecule has 0 spiro atoms. The first-order chi connectivity index (χ1) is 4.69. The molecule has 0 radical (unpaired) electrons. The van der Waals surface area contributed by atoms with Gasteiger partial charge in [-0.1, -0.05) is 13.0 Å². The van der Waals surface area contributed by atoms with Crippen LogP contribution in [0.25, 0.3) is 0 Å². The van der Waals surface area contributed by atoms with Crippen molar-refractivity contribution in [1.82, 2.24) is 5.32 Å². The Balaban J connectivity index is 2.62. The van der Waals surface area contributed by atoms with Crippen LogP contribution >= 0.6 is 0 Å². The zero-order valence-corrected chi connectivity index (χ0v) is 6.43. The van der Waals surface area contributed by atoms with Gasteiger partial charge in [-0.15, -0.1) is 6.58 Å². The van der Waals surface area contributed by atoms with E-state index < -0.39 is 5.60 Å². The summed E-state index contributed by atoms with van der Waals surface area (Å²) in [5.41, 5.74) is -0.620. The summed E-state index contributed by atoms with van der Waals surface area (Å²) in [6.45, 7) is 7.45. The molecule has 0 saturated carbocycles. The Morgan fingerprint density at radius 3 is 2.90 bits per heavy atom. The molecule has 0 aliphatic carbocycles. The van der Waals surface area contributed by atoms with E-state index in [0.29, 0.717) is 5.92 Å². The highest BCUT2D eigenvalue weighted by Gasteiger charge is 2.32. The van der Waals surface area contributed by atoms with Crippen LogP contribution in [0.4, 0.5) is 0 Å². The molecule has 1 rings (SSSR count). The van der Waals surface area contributed by atoms with Crippen molar-refractivity contribution in [1.29, 1.82) is 0 Å². The first kappa shape index (κ1) is 7.76. The summed E-state index contributed by atoms with van der Waals surface area (Å²) in [7, 11) is 0. The van der Waals surface area contributed by atoms with Gasteiger partial charge in [-0.05, 0) is 13.0 Å². The van der Waals surface area contributed by atoms with Gasteiger partial charge in [-0.3, -0.25) is 0 Å². The van der Waals surface area contributed by atoms with Crippen molar-refractivity contribution in [2.24, 2.45) is 5.92 Å². The molecule has 1 heterocycles. The minimum Gasteiger partial charge on any atom is -0.385 e. The predicted molar refractivity (Wildman–Crippen MR) is 41.8 cm³/mol. The molecular formula is C8H15NO. The SMILES string of the molecule is C=CC1(O)CCNCC1C. The minimum atomic E-state index is -0.620. The maximum absolute atomic E-state index is 9.79. The number of aliphatic hydroxyl groups is 1. The van der Waals surface area contributed by atoms with Crippen molar-refractivity contribution in [2.75, 3.05) is 13.1 Å². The van der Waals surface area contributed by atoms with Crippen molar-refractivity contribution in [3.05, 3.63) is 12.7 Å². The molecule has 1 saturated heterocycles. The van der Waals surface area contributed by atoms with Crippen LogP contribution < -0.4 is 5.32 Å². The van der Waals surface area contributed by atoms with Crippen LogP contribution in [0.1, 0.15) is 13.3 Å². The molecule has 1 fully saturated rings. The molecule has 1 aliphatic rings. The maximum Gasteiger partial charge on any atom is 0.0874 e. The van der Waals surface area contributed by atoms with Gasteiger partial charge in [-0.25, -0.2) is 0 Å². The molecule has 2 N–H and O–H groups in total. The van der Waals surface area contributed by atoms with Gasteiger partial charge in [-0.2, -0.15) is 0 Å². The van der Waals surface area contributed by atoms with Crippen LogP contribution in [0.15, 0.2) is 12.7 Å². The molecule has 10 heavy (non-hydrogen) atoms. The van der Waals surface area contributed by atoms with Gasteiger partial charge >= 0.3 is 0 Å². The monoisotopic (exact) mass is 141 g/mol. The standard InChI is InChI=1S/C8H15NO/c1-3-8(10)4-5-9-6-7(8)2/h3,7,9-10H,1,4-6H2,2H3. The van der Waals surface area contributed by atoms with Gasteiger partial charge in [0.15, 0.2) is 0 Å². The molecule has 0 bridgehead atoms. The molecule has 0 aromatic heterocycles. The van der Waals surface area contributed by atoms with Crippen LogP contribution in [-0.2, 0) is 0 Å². The van der Waals surface area contributed by atoms with Gasteiger partial charge in [0.25, 0.3) is 0 Å². The summed E-state index contributed by atoms with van der Waals surface area (Å²) in [6.07, 6.45) is 2.45. The third-order valence-electron chi connectivity index (χ3n) is 2.36. The molecule has 0 amide bonds. The fraction of sp³-hybridized carbons (Fsp3) is 0.750. The molecular weight excluding hydrogens is 126 g/mol. The molecule has 1 aliphatic heterocycles. The van der Waals surface area contributed by atoms with Crippen molar-refractivity contribution >= 4 is 0 Å². The highest BCUT2D eigenvalue weighted by molar-refractivity contribution is 5.02. The van der Waals surface area contributed by atoms with Crippen LogP contribution in [0.2, 0.25) is 0 Å². The summed E-state index contributed by atoms with van der Waals surface area (Å²) >= 11 is 0. The minimum absolute atomic E-state index is 0.291. The third-order valence-corrected chi connectivity index (χ3v) is 2.36. The summed E-state index contributed by atoms with van der Waals surface area (Å²) in [5, 5.41) is 13.0. The second kappa shape index (κ2) is 2.72. The Bertz CT molecular complexity index is 135. The van der Waals surface area contributed by atoms with Crippen LogP contribution in [0, 0.1) is 5.92 Å². The molecule has 0 aromatic rings. The average Bonchev–Trinajstić information content (AvgIpc) is 1.96. The van der Waals surface area contributed by atoms with Gasteiger partial charge in [0.1, 0.15) is 0 Å². The zero-order valence-electron chi connectivity index (χ0n) is 6.43. The van der Waals surface area contributed by atoms with E-state index in [0.717, 1.165) is 19.5 Å². The third kappa shape index (κ3) is 1.22. The largest absolute Gasteiger partial charge is 0.385 e. The summed E-state index contributed by atoms with van der Waals surface area (Å²) in [5.74, 6) is 0.291. The lowest BCUT2D eigenvalue weighted by atomic mass is 9.83. The Morgan fingerprint density at radius 1 is 1.80 bits per heavy atom. The van der Waals surface area contributed by atoms with Crippen molar-refractivity contribution in [3.8, 4) is 0 Å². The normalized spacial score (nSPS) is 41.2. The molecule has 2 unspecified atom stereocenters. The van der Waals surface area contributed by atoms with E-state index in [1.54, 1.807) is 6.08 Å². The fourth-order valence-corrected chi connectivity index (χ4v) is 1.33. The smallest absolute Gasteiger partial charge is 0.0874 e. The molecule has 58 valence electrons. The van der Waals surface area contributed by atoms with Crippen molar-refractivity contribution in [2.45, 2.75) is 18.9 Å². The lowest BCUT2D eigenvalue weighted by molar-refractivity contribution is 0.0119. The summed E-state index contributed by atoms with van der Waals surface area (Å²) < 4.78 is 0. The van der Waals surface area contributed by atoms with E-state index >= 15 is 0 Å². The number of piperidine rings is 1. The first-order valence-electron chi connectivity index (χ1n) is 3.76. The number of hydrogen-bond donors (Lipinski definition) is 2. The quantitative estimate of drug-likeness (QED) is 0.522. The number of nitrogens with one attached hydrogen (secondary N) is 1. The lowest BCUT2D eigenvalue weighted by Gasteiger charge is -2.35. The first-order valence-corrected chi connectivity index (χ1v) is 3.76. The zero-order chi connectivity index (χ0) is 7.61. The molecule has 0 aromatic carbocycles. The second-order valence-corrected chi connectivity index (χ2v) is 3.05. The van der Waals surface area contributed by atoms with Gasteiger partial charge in [0, 0.05) is 12.5 Å². The van der Waals surface area contributed by atoms with Crippen LogP contribution in [0.5, 0.6) is 0 Å². The Morgan fingerprint density at radius 2 is 2.50 bits per heavy atom. The highest BCUT2D eigenvalue weighted by Crippen LogP contribution is 2.24. The van der Waals surface area contributed by atoms with Crippen molar-refractivity contribution in [3.63, 3.8) is 0 Å². The number of rotatable bonds is 1. The van der Waals surface area contributed by atoms with E-state index in [4.69, 9.17) is 0 Å². The summed E-state index contributed by atoms with van der Waals surface area (Å²) in [4.78, 5) is 0. The molecule has 2 nitrogen and oxygen atoms in total. The Labute approximate surface area is 61.9 Å². The lowest BCUT2D eigenvalue weighted by Crippen LogP contribution is -2.47. The van der Waals surface area contributed by atoms with Gasteiger partial charge < -0.3 is 10.4 Å². The van der Waals surface area contributed by atoms with Crippen LogP contribution in [0.3, 0.4) is 0 Å². The van der Waals surface area contributed by atoms with Gasteiger partial charge in [0.05, 0.1) is 5.60 Å². The Hall–Kier alpha value is -0.340. The number of hydrogen-bond acceptors (Lipinski definition) is 2. The average molecular weight is 141 g/mol. The van der Waals surface area contributed by atoms with Crippen molar-refractivity contribution < 1.29 is 5.11 Å². The maximum atomic E-state index is 9.79. The van der Waals surface area contributed by atoms with Gasteiger partial charge in [0.2, 0.25) is 0 Å². The topological polar surface area (TPSA) is 32.3 Å². The van der Waals surface area contributed by atoms with Crippen LogP contribution in [-0.4, -0.2) is 23.8 Å². The van der Waals surface area contributed by atoms with E-state index in [1.807, 2.05) is 6.92 Å². The van der Waals surface area contributed by atoms with E-state index in [2.05, 4.69) is 11.9 Å².